The fraction of sp³-hybridized carbons (Fsp3) is 0.368. The van der Waals surface area contributed by atoms with E-state index in [2.05, 4.69) is 15.3 Å². The topological polar surface area (TPSA) is 95.4 Å². The average Bonchev–Trinajstić information content (AvgIpc) is 2.62. The number of hydrogen-bond donors (Lipinski definition) is 2. The summed E-state index contributed by atoms with van der Waals surface area (Å²) in [7, 11) is 0. The predicted octanol–water partition coefficient (Wildman–Crippen LogP) is 1.08. The highest BCUT2D eigenvalue weighted by atomic mass is 16.3. The van der Waals surface area contributed by atoms with E-state index in [1.165, 1.54) is 4.90 Å². The van der Waals surface area contributed by atoms with E-state index >= 15 is 0 Å². The third kappa shape index (κ3) is 3.72. The molecule has 1 aromatic heterocycles. The highest BCUT2D eigenvalue weighted by Crippen LogP contribution is 2.19. The highest BCUT2D eigenvalue weighted by Gasteiger charge is 2.32. The molecule has 7 heteroatoms. The van der Waals surface area contributed by atoms with Gasteiger partial charge in [0.05, 0.1) is 0 Å². The molecule has 1 atom stereocenters. The molecule has 2 heterocycles. The van der Waals surface area contributed by atoms with Crippen LogP contribution in [0.3, 0.4) is 0 Å². The molecular weight excluding hydrogens is 332 g/mol. The molecule has 0 spiro atoms. The Bertz CT molecular complexity index is 800. The molecule has 0 radical (unpaired) electrons. The first-order valence-corrected chi connectivity index (χ1v) is 8.62. The molecule has 26 heavy (non-hydrogen) atoms. The Labute approximate surface area is 152 Å². The summed E-state index contributed by atoms with van der Waals surface area (Å²) in [6, 6.07) is 8.34. The van der Waals surface area contributed by atoms with Crippen LogP contribution in [0.2, 0.25) is 0 Å². The lowest BCUT2D eigenvalue weighted by Crippen LogP contribution is -2.57. The Morgan fingerprint density at radius 3 is 2.50 bits per heavy atom. The molecule has 3 rings (SSSR count). The number of piperazine rings is 1. The molecule has 2 amide bonds. The molecule has 2 aromatic rings. The normalized spacial score (nSPS) is 17.1. The van der Waals surface area contributed by atoms with Gasteiger partial charge >= 0.3 is 0 Å². The van der Waals surface area contributed by atoms with Crippen molar-refractivity contribution in [2.24, 2.45) is 0 Å². The first kappa shape index (κ1) is 18.0. The zero-order valence-electron chi connectivity index (χ0n) is 14.9. The lowest BCUT2D eigenvalue weighted by Gasteiger charge is -2.34. The van der Waals surface area contributed by atoms with Gasteiger partial charge in [-0.3, -0.25) is 9.59 Å². The van der Waals surface area contributed by atoms with E-state index in [9.17, 15) is 14.7 Å². The maximum Gasteiger partial charge on any atom is 0.254 e. The Kier molecular flexibility index (Phi) is 5.27. The van der Waals surface area contributed by atoms with Crippen molar-refractivity contribution < 1.29 is 14.7 Å². The number of carbonyl (C=O) groups is 2. The molecule has 1 fully saturated rings. The summed E-state index contributed by atoms with van der Waals surface area (Å²) in [4.78, 5) is 35.2. The summed E-state index contributed by atoms with van der Waals surface area (Å²) in [5.41, 5.74) is 3.10. The van der Waals surface area contributed by atoms with Crippen molar-refractivity contribution in [1.82, 2.24) is 20.2 Å². The Hall–Kier alpha value is -2.80. The lowest BCUT2D eigenvalue weighted by atomic mass is 10.1. The molecule has 1 saturated heterocycles. The van der Waals surface area contributed by atoms with Crippen LogP contribution >= 0.6 is 0 Å². The van der Waals surface area contributed by atoms with Gasteiger partial charge < -0.3 is 15.3 Å². The standard InChI is InChI=1S/C19H22N4O3/c1-12-11-13(2)22-17(21-12)14-3-5-15(6-4-14)19(26)23-9-8-20-18(25)16(23)7-10-24/h3-6,11,16,24H,7-10H2,1-2H3,(H,20,25)/t16-/m1/s1. The highest BCUT2D eigenvalue weighted by molar-refractivity contribution is 5.98. The van der Waals surface area contributed by atoms with Gasteiger partial charge in [-0.2, -0.15) is 0 Å². The molecule has 1 aliphatic heterocycles. The molecule has 0 bridgehead atoms. The number of nitrogens with one attached hydrogen (secondary N) is 1. The second kappa shape index (κ2) is 7.61. The number of aliphatic hydroxyl groups is 1. The minimum absolute atomic E-state index is 0.148. The van der Waals surface area contributed by atoms with Gasteiger partial charge in [-0.25, -0.2) is 9.97 Å². The third-order valence-corrected chi connectivity index (χ3v) is 4.37. The van der Waals surface area contributed by atoms with Gasteiger partial charge in [-0.05, 0) is 38.5 Å². The Morgan fingerprint density at radius 2 is 1.88 bits per heavy atom. The van der Waals surface area contributed by atoms with Crippen LogP contribution < -0.4 is 5.32 Å². The van der Waals surface area contributed by atoms with E-state index in [1.807, 2.05) is 32.0 Å². The van der Waals surface area contributed by atoms with E-state index < -0.39 is 6.04 Å². The molecule has 0 saturated carbocycles. The fourth-order valence-corrected chi connectivity index (χ4v) is 3.15. The van der Waals surface area contributed by atoms with Crippen molar-refractivity contribution in [1.29, 1.82) is 0 Å². The van der Waals surface area contributed by atoms with Crippen molar-refractivity contribution in [2.75, 3.05) is 19.7 Å². The molecule has 1 aromatic carbocycles. The lowest BCUT2D eigenvalue weighted by molar-refractivity contribution is -0.128. The quantitative estimate of drug-likeness (QED) is 0.857. The number of nitrogens with zero attached hydrogens (tertiary/aromatic N) is 3. The van der Waals surface area contributed by atoms with E-state index in [0.29, 0.717) is 24.5 Å². The SMILES string of the molecule is Cc1cc(C)nc(-c2ccc(C(=O)N3CCNC(=O)[C@H]3CCO)cc2)n1. The van der Waals surface area contributed by atoms with Gasteiger partial charge in [0.2, 0.25) is 5.91 Å². The molecule has 2 N–H and O–H groups in total. The van der Waals surface area contributed by atoms with Gasteiger partial charge in [-0.1, -0.05) is 12.1 Å². The molecule has 0 aliphatic carbocycles. The van der Waals surface area contributed by atoms with Gasteiger partial charge in [0, 0.05) is 42.2 Å². The van der Waals surface area contributed by atoms with Crippen LogP contribution in [0.5, 0.6) is 0 Å². The van der Waals surface area contributed by atoms with E-state index in [1.54, 1.807) is 12.1 Å². The molecule has 7 nitrogen and oxygen atoms in total. The second-order valence-electron chi connectivity index (χ2n) is 6.37. The van der Waals surface area contributed by atoms with Crippen molar-refractivity contribution in [3.63, 3.8) is 0 Å². The van der Waals surface area contributed by atoms with Gasteiger partial charge in [0.15, 0.2) is 5.82 Å². The Morgan fingerprint density at radius 1 is 1.23 bits per heavy atom. The van der Waals surface area contributed by atoms with Crippen molar-refractivity contribution >= 4 is 11.8 Å². The molecule has 1 aliphatic rings. The van der Waals surface area contributed by atoms with Crippen LogP contribution in [0, 0.1) is 13.8 Å². The molecule has 136 valence electrons. The number of rotatable bonds is 4. The van der Waals surface area contributed by atoms with Crippen LogP contribution in [0.1, 0.15) is 28.2 Å². The number of amides is 2. The maximum absolute atomic E-state index is 12.8. The zero-order valence-corrected chi connectivity index (χ0v) is 14.9. The van der Waals surface area contributed by atoms with Gasteiger partial charge in [0.1, 0.15) is 6.04 Å². The summed E-state index contributed by atoms with van der Waals surface area (Å²) in [5, 5.41) is 11.9. The number of benzene rings is 1. The van der Waals surface area contributed by atoms with E-state index in [4.69, 9.17) is 0 Å². The second-order valence-corrected chi connectivity index (χ2v) is 6.37. The Balaban J connectivity index is 1.83. The predicted molar refractivity (Wildman–Crippen MR) is 96.5 cm³/mol. The van der Waals surface area contributed by atoms with Crippen molar-refractivity contribution in [3.8, 4) is 11.4 Å². The smallest absolute Gasteiger partial charge is 0.254 e. The fourth-order valence-electron chi connectivity index (χ4n) is 3.15. The van der Waals surface area contributed by atoms with Crippen LogP contribution in [0.4, 0.5) is 0 Å². The minimum Gasteiger partial charge on any atom is -0.396 e. The summed E-state index contributed by atoms with van der Waals surface area (Å²) < 4.78 is 0. The zero-order chi connectivity index (χ0) is 18.7. The summed E-state index contributed by atoms with van der Waals surface area (Å²) >= 11 is 0. The number of hydrogen-bond acceptors (Lipinski definition) is 5. The largest absolute Gasteiger partial charge is 0.396 e. The average molecular weight is 354 g/mol. The van der Waals surface area contributed by atoms with E-state index in [0.717, 1.165) is 17.0 Å². The summed E-state index contributed by atoms with van der Waals surface area (Å²) in [5.74, 6) is 0.183. The number of carbonyl (C=O) groups excluding carboxylic acids is 2. The van der Waals surface area contributed by atoms with Crippen molar-refractivity contribution in [3.05, 3.63) is 47.3 Å². The summed E-state index contributed by atoms with van der Waals surface area (Å²) in [6.45, 7) is 4.53. The number of aryl methyl sites for hydroxylation is 2. The first-order valence-electron chi connectivity index (χ1n) is 8.62. The number of aliphatic hydroxyl groups excluding tert-OH is 1. The summed E-state index contributed by atoms with van der Waals surface area (Å²) in [6.07, 6.45) is 0.228. The van der Waals surface area contributed by atoms with E-state index in [-0.39, 0.29) is 24.8 Å². The first-order chi connectivity index (χ1) is 12.5. The minimum atomic E-state index is -0.635. The van der Waals surface area contributed by atoms with Crippen LogP contribution in [-0.4, -0.2) is 57.5 Å². The number of aromatic nitrogens is 2. The van der Waals surface area contributed by atoms with Crippen LogP contribution in [0.15, 0.2) is 30.3 Å². The van der Waals surface area contributed by atoms with Gasteiger partial charge in [-0.15, -0.1) is 0 Å². The maximum atomic E-state index is 12.8. The van der Waals surface area contributed by atoms with Crippen molar-refractivity contribution in [2.45, 2.75) is 26.3 Å². The molecule has 0 unspecified atom stereocenters. The third-order valence-electron chi connectivity index (χ3n) is 4.37. The molecular formula is C19H22N4O3. The van der Waals surface area contributed by atoms with Gasteiger partial charge in [0.25, 0.3) is 5.91 Å². The van der Waals surface area contributed by atoms with Crippen LogP contribution in [-0.2, 0) is 4.79 Å². The monoisotopic (exact) mass is 354 g/mol. The van der Waals surface area contributed by atoms with Crippen LogP contribution in [0.25, 0.3) is 11.4 Å².